The monoisotopic (exact) mass is 802 g/mol. The number of aromatic nitrogens is 3. The minimum atomic E-state index is -1.95. The second-order valence-corrected chi connectivity index (χ2v) is 13.7. The molecule has 2 aromatic carbocycles. The Morgan fingerprint density at radius 3 is 2.46 bits per heavy atom. The van der Waals surface area contributed by atoms with Gasteiger partial charge in [-0.25, -0.2) is 32.4 Å². The SMILES string of the molecule is CC(OC(=O)CCCC(=O)OCC(=O)O)OC(=O)O[C@@](Cn1cncn1)(c1ccc(F)cc1F)[C@@H](C)SC1COC(/C=C/C=C/c2ccc(C#N)cc2F)OC1. The maximum Gasteiger partial charge on any atom is 0.512 e. The number of esters is 2. The minimum Gasteiger partial charge on any atom is -0.479 e. The van der Waals surface area contributed by atoms with E-state index < -0.39 is 76.8 Å². The van der Waals surface area contributed by atoms with Crippen LogP contribution in [0.1, 0.15) is 49.8 Å². The molecular formula is C37H37F3N4O11S. The largest absolute Gasteiger partial charge is 0.512 e. The summed E-state index contributed by atoms with van der Waals surface area (Å²) in [4.78, 5) is 51.7. The highest BCUT2D eigenvalue weighted by molar-refractivity contribution is 8.00. The summed E-state index contributed by atoms with van der Waals surface area (Å²) in [5, 5.41) is 20.4. The highest BCUT2D eigenvalue weighted by atomic mass is 32.2. The summed E-state index contributed by atoms with van der Waals surface area (Å²) < 4.78 is 77.7. The van der Waals surface area contributed by atoms with Crippen molar-refractivity contribution in [3.05, 3.63) is 101 Å². The Kier molecular flexibility index (Phi) is 16.0. The maximum atomic E-state index is 15.7. The number of nitriles is 1. The molecule has 1 aromatic heterocycles. The van der Waals surface area contributed by atoms with E-state index in [0.717, 1.165) is 18.2 Å². The van der Waals surface area contributed by atoms with Gasteiger partial charge in [0.1, 0.15) is 30.1 Å². The summed E-state index contributed by atoms with van der Waals surface area (Å²) in [6, 6.07) is 8.74. The van der Waals surface area contributed by atoms with E-state index in [1.807, 2.05) is 6.07 Å². The highest BCUT2D eigenvalue weighted by Gasteiger charge is 2.47. The molecule has 1 aliphatic rings. The number of carbonyl (C=O) groups is 4. The summed E-state index contributed by atoms with van der Waals surface area (Å²) >= 11 is 1.21. The first-order valence-corrected chi connectivity index (χ1v) is 17.9. The van der Waals surface area contributed by atoms with Crippen LogP contribution < -0.4 is 0 Å². The van der Waals surface area contributed by atoms with Crippen molar-refractivity contribution in [1.29, 1.82) is 5.26 Å². The third kappa shape index (κ3) is 13.0. The third-order valence-corrected chi connectivity index (χ3v) is 9.37. The first-order valence-electron chi connectivity index (χ1n) is 17.0. The Bertz CT molecular complexity index is 1930. The second-order valence-electron chi connectivity index (χ2n) is 12.1. The van der Waals surface area contributed by atoms with Crippen LogP contribution in [0.3, 0.4) is 0 Å². The van der Waals surface area contributed by atoms with Crippen LogP contribution in [0.2, 0.25) is 0 Å². The minimum absolute atomic E-state index is 0.0438. The van der Waals surface area contributed by atoms with Gasteiger partial charge in [-0.05, 0) is 43.7 Å². The van der Waals surface area contributed by atoms with E-state index in [4.69, 9.17) is 34.1 Å². The number of nitrogens with zero attached hydrogens (tertiary/aromatic N) is 4. The quantitative estimate of drug-likeness (QED) is 0.0738. The first kappa shape index (κ1) is 43.0. The zero-order chi connectivity index (χ0) is 40.7. The lowest BCUT2D eigenvalue weighted by Gasteiger charge is -2.40. The van der Waals surface area contributed by atoms with Gasteiger partial charge in [0.05, 0.1) is 36.6 Å². The predicted molar refractivity (Wildman–Crippen MR) is 189 cm³/mol. The lowest BCUT2D eigenvalue weighted by Crippen LogP contribution is -2.47. The molecular weight excluding hydrogens is 765 g/mol. The zero-order valence-corrected chi connectivity index (χ0v) is 30.9. The number of aliphatic carboxylic acids is 1. The van der Waals surface area contributed by atoms with E-state index in [-0.39, 0.29) is 55.7 Å². The molecule has 0 bridgehead atoms. The van der Waals surface area contributed by atoms with Gasteiger partial charge in [0.15, 0.2) is 18.5 Å². The summed E-state index contributed by atoms with van der Waals surface area (Å²) in [7, 11) is 0. The van der Waals surface area contributed by atoms with Gasteiger partial charge < -0.3 is 33.5 Å². The molecule has 0 radical (unpaired) electrons. The number of hydrogen-bond donors (Lipinski definition) is 1. The molecule has 1 fully saturated rings. The fraction of sp³-hybridized carbons (Fsp3) is 0.378. The van der Waals surface area contributed by atoms with E-state index >= 15 is 4.39 Å². The van der Waals surface area contributed by atoms with Crippen molar-refractivity contribution in [3.63, 3.8) is 0 Å². The summed E-state index contributed by atoms with van der Waals surface area (Å²) in [5.41, 5.74) is -1.69. The fourth-order valence-corrected chi connectivity index (χ4v) is 6.65. The van der Waals surface area contributed by atoms with E-state index in [0.29, 0.717) is 6.07 Å². The number of halogens is 3. The molecule has 1 aliphatic heterocycles. The van der Waals surface area contributed by atoms with Gasteiger partial charge in [-0.2, -0.15) is 10.4 Å². The van der Waals surface area contributed by atoms with Crippen LogP contribution in [-0.2, 0) is 55.0 Å². The zero-order valence-electron chi connectivity index (χ0n) is 30.0. The van der Waals surface area contributed by atoms with Gasteiger partial charge in [-0.1, -0.05) is 24.3 Å². The molecule has 1 N–H and O–H groups in total. The molecule has 15 nitrogen and oxygen atoms in total. The molecule has 4 rings (SSSR count). The van der Waals surface area contributed by atoms with Crippen molar-refractivity contribution in [1.82, 2.24) is 14.8 Å². The van der Waals surface area contributed by atoms with Crippen molar-refractivity contribution in [3.8, 4) is 6.07 Å². The smallest absolute Gasteiger partial charge is 0.479 e. The number of benzene rings is 2. The fourth-order valence-electron chi connectivity index (χ4n) is 5.29. The molecule has 0 spiro atoms. The van der Waals surface area contributed by atoms with Gasteiger partial charge in [0.2, 0.25) is 6.29 Å². The molecule has 298 valence electrons. The average molecular weight is 803 g/mol. The molecule has 19 heteroatoms. The van der Waals surface area contributed by atoms with Crippen molar-refractivity contribution < 1.29 is 65.9 Å². The van der Waals surface area contributed by atoms with E-state index in [2.05, 4.69) is 14.8 Å². The van der Waals surface area contributed by atoms with Crippen LogP contribution in [0.4, 0.5) is 18.0 Å². The number of carboxylic acid groups (broad SMARTS) is 1. The molecule has 0 amide bonds. The molecule has 2 heterocycles. The number of thioether (sulfide) groups is 1. The Labute approximate surface area is 323 Å². The molecule has 1 saturated heterocycles. The maximum absolute atomic E-state index is 15.7. The van der Waals surface area contributed by atoms with Crippen LogP contribution in [-0.4, -0.2) is 86.8 Å². The number of hydrogen-bond acceptors (Lipinski definition) is 14. The molecule has 3 atom stereocenters. The topological polar surface area (TPSA) is 198 Å². The number of carboxylic acids is 1. The van der Waals surface area contributed by atoms with E-state index in [1.165, 1.54) is 54.2 Å². The molecule has 0 aliphatic carbocycles. The van der Waals surface area contributed by atoms with Crippen LogP contribution in [0, 0.1) is 28.8 Å². The molecule has 1 unspecified atom stereocenters. The van der Waals surface area contributed by atoms with Crippen molar-refractivity contribution in [2.24, 2.45) is 0 Å². The summed E-state index contributed by atoms with van der Waals surface area (Å²) in [5.74, 6) is -5.50. The van der Waals surface area contributed by atoms with E-state index in [9.17, 15) is 28.0 Å². The first-order chi connectivity index (χ1) is 26.8. The average Bonchev–Trinajstić information content (AvgIpc) is 3.66. The Hall–Kier alpha value is -5.71. The molecule has 56 heavy (non-hydrogen) atoms. The predicted octanol–water partition coefficient (Wildman–Crippen LogP) is 5.44. The Morgan fingerprint density at radius 2 is 1.80 bits per heavy atom. The van der Waals surface area contributed by atoms with Crippen molar-refractivity contribution >= 4 is 41.9 Å². The van der Waals surface area contributed by atoms with Gasteiger partial charge in [-0.15, -0.1) is 11.8 Å². The molecule has 0 saturated carbocycles. The van der Waals surface area contributed by atoms with Gasteiger partial charge in [-0.3, -0.25) is 9.59 Å². The number of ether oxygens (including phenoxy) is 6. The Morgan fingerprint density at radius 1 is 1.05 bits per heavy atom. The summed E-state index contributed by atoms with van der Waals surface area (Å²) in [6.45, 7) is 1.99. The third-order valence-electron chi connectivity index (χ3n) is 7.92. The summed E-state index contributed by atoms with van der Waals surface area (Å²) in [6.07, 6.45) is 4.57. The lowest BCUT2D eigenvalue weighted by atomic mass is 9.89. The van der Waals surface area contributed by atoms with Crippen molar-refractivity contribution in [2.75, 3.05) is 19.8 Å². The van der Waals surface area contributed by atoms with Gasteiger partial charge >= 0.3 is 24.1 Å². The Balaban J connectivity index is 1.43. The number of allylic oxidation sites excluding steroid dienone is 2. The second kappa shape index (κ2) is 20.8. The van der Waals surface area contributed by atoms with E-state index in [1.54, 1.807) is 25.2 Å². The molecule has 3 aromatic rings. The van der Waals surface area contributed by atoms with Crippen LogP contribution >= 0.6 is 11.8 Å². The van der Waals surface area contributed by atoms with Crippen LogP contribution in [0.5, 0.6) is 0 Å². The standard InChI is InChI=1S/C37H37F3N4O11S/c1-23(56-28-17-51-35(52-18-28)9-4-3-6-26-11-10-25(16-41)14-30(26)39)37(20-44-22-42-21-43-44,29-13-12-27(38)15-31(29)40)55-36(49)54-24(2)53-34(48)8-5-7-33(47)50-19-32(45)46/h3-4,6,9-15,21-24,28,35H,5,7-8,17-20H2,1-2H3,(H,45,46)/b6-3+,9-4+/t23-,24?,28?,35?,37-/m1/s1. The van der Waals surface area contributed by atoms with Gasteiger partial charge in [0, 0.05) is 42.2 Å². The van der Waals surface area contributed by atoms with Crippen LogP contribution in [0.25, 0.3) is 6.08 Å². The highest BCUT2D eigenvalue weighted by Crippen LogP contribution is 2.42. The number of carbonyl (C=O) groups excluding carboxylic acids is 3. The normalized spacial score (nSPS) is 17.7. The van der Waals surface area contributed by atoms with Gasteiger partial charge in [0.25, 0.3) is 0 Å². The lowest BCUT2D eigenvalue weighted by molar-refractivity contribution is -0.172. The van der Waals surface area contributed by atoms with Crippen LogP contribution in [0.15, 0.2) is 67.3 Å². The number of rotatable bonds is 18. The van der Waals surface area contributed by atoms with Crippen molar-refractivity contribution in [2.45, 2.75) is 68.3 Å².